The van der Waals surface area contributed by atoms with E-state index in [9.17, 15) is 9.60 Å². The van der Waals surface area contributed by atoms with Crippen LogP contribution in [0, 0.1) is 0 Å². The molecule has 3 aromatic heterocycles. The first-order chi connectivity index (χ1) is 42.7. The molecule has 0 fully saturated rings. The van der Waals surface area contributed by atoms with Gasteiger partial charge in [-0.15, -0.1) is 0 Å². The Bertz CT molecular complexity index is 5270. The maximum Gasteiger partial charge on any atom is 0.179 e. The van der Waals surface area contributed by atoms with Crippen LogP contribution in [0.5, 0.6) is 0 Å². The number of para-hydroxylation sites is 5. The third-order valence-corrected chi connectivity index (χ3v) is 19.5. The fourth-order valence-corrected chi connectivity index (χ4v) is 16.2. The monoisotopic (exact) mass is 995 g/mol. The summed E-state index contributed by atoms with van der Waals surface area (Å²) >= 11 is 0. The minimum Gasteiger partial charge on any atom is -0.309 e. The molecule has 15 rings (SSSR count). The molecule has 0 aliphatic carbocycles. The Kier molecular flexibility index (Phi) is 7.74. The smallest absolute Gasteiger partial charge is 0.179 e. The number of benzene rings is 12. The average molecular weight is 996 g/mol. The summed E-state index contributed by atoms with van der Waals surface area (Å²) in [4.78, 5) is 0. The van der Waals surface area contributed by atoms with Gasteiger partial charge in [0.2, 0.25) is 0 Å². The molecule has 0 saturated heterocycles. The largest absolute Gasteiger partial charge is 0.309 e. The Morgan fingerprint density at radius 3 is 1.18 bits per heavy atom. The van der Waals surface area contributed by atoms with Crippen LogP contribution in [0.2, 0.25) is 0 Å². The number of hydrogen-bond acceptors (Lipinski definition) is 0. The van der Waals surface area contributed by atoms with Gasteiger partial charge in [-0.2, -0.15) is 0 Å². The van der Waals surface area contributed by atoms with Crippen molar-refractivity contribution < 1.29 is 16.4 Å². The molecule has 12 aromatic carbocycles. The Balaban J connectivity index is 1.08. The summed E-state index contributed by atoms with van der Waals surface area (Å²) in [6, 6.07) is 67.1. The van der Waals surface area contributed by atoms with Crippen LogP contribution >= 0.6 is 0 Å². The van der Waals surface area contributed by atoms with Gasteiger partial charge in [0.05, 0.1) is 49.5 Å². The molecule has 0 saturated carbocycles. The van der Waals surface area contributed by atoms with Crippen LogP contribution in [0.15, 0.2) is 297 Å². The van der Waals surface area contributed by atoms with Crippen molar-refractivity contribution in [2.75, 3.05) is 0 Å². The lowest BCUT2D eigenvalue weighted by atomic mass is 10.0. The molecular formula is C72H49N3Si. The van der Waals surface area contributed by atoms with Crippen LogP contribution in [-0.2, 0) is 0 Å². The molecule has 0 aliphatic heterocycles. The lowest BCUT2D eigenvalue weighted by Crippen LogP contribution is -2.74. The molecule has 76 heavy (non-hydrogen) atoms. The molecule has 3 heterocycles. The first kappa shape index (κ1) is 33.2. The molecule has 0 N–H and O–H groups in total. The lowest BCUT2D eigenvalue weighted by Gasteiger charge is -2.35. The summed E-state index contributed by atoms with van der Waals surface area (Å²) in [7, 11) is -4.53. The van der Waals surface area contributed by atoms with Crippen molar-refractivity contribution in [3.05, 3.63) is 297 Å². The van der Waals surface area contributed by atoms with E-state index in [0.29, 0.717) is 27.3 Å². The zero-order valence-electron chi connectivity index (χ0n) is 52.7. The van der Waals surface area contributed by atoms with E-state index >= 15 is 0 Å². The second kappa shape index (κ2) is 17.7. The van der Waals surface area contributed by atoms with Crippen LogP contribution in [0.1, 0.15) is 16.4 Å². The van der Waals surface area contributed by atoms with E-state index in [4.69, 9.17) is 6.85 Å². The molecule has 0 bridgehead atoms. The zero-order valence-corrected chi connectivity index (χ0v) is 41.7. The SMILES string of the molecule is [2H]c1cc([Si](c2ccccc2)(c2ccccc2)c2c([2H])c([2H])c([2H])c(-c3cc(-n4c5ccccc5c5ccccc54)cc(-n4c5ccccc5c5ccc(-n6c7ccccc7c7ccccc76)cc54)c3)c2[2H])c([2H])c(-c2c([2H])c([2H])c([2H])c([2H])c2[2H])c1[2H]. The molecule has 356 valence electrons. The molecule has 0 spiro atoms. The van der Waals surface area contributed by atoms with Gasteiger partial charge in [-0.05, 0) is 104 Å². The maximum atomic E-state index is 11.0. The third kappa shape index (κ3) is 6.81. The van der Waals surface area contributed by atoms with Gasteiger partial charge in [0.15, 0.2) is 8.07 Å². The van der Waals surface area contributed by atoms with Crippen LogP contribution in [0.3, 0.4) is 0 Å². The van der Waals surface area contributed by atoms with Crippen LogP contribution in [0.4, 0.5) is 0 Å². The molecule has 4 heteroatoms. The quantitative estimate of drug-likeness (QED) is 0.101. The Hall–Kier alpha value is -9.74. The van der Waals surface area contributed by atoms with Crippen molar-refractivity contribution in [1.82, 2.24) is 13.7 Å². The highest BCUT2D eigenvalue weighted by Gasteiger charge is 2.42. The molecular weight excluding hydrogens is 935 g/mol. The summed E-state index contributed by atoms with van der Waals surface area (Å²) in [5.41, 5.74) is 7.62. The normalized spacial score (nSPS) is 14.2. The van der Waals surface area contributed by atoms with Gasteiger partial charge < -0.3 is 13.7 Å². The van der Waals surface area contributed by atoms with Gasteiger partial charge >= 0.3 is 0 Å². The van der Waals surface area contributed by atoms with Gasteiger partial charge in [0.25, 0.3) is 0 Å². The summed E-state index contributed by atoms with van der Waals surface area (Å²) in [5.74, 6) is 0. The standard InChI is InChI=1S/C72H49N3Si/c1-4-22-50(23-5-1)51-24-20-30-59(46-51)76(57-26-6-2-7-27-57,58-28-8-3-9-29-58)60-31-21-25-52(47-60)53-44-55(74-69-39-17-12-34-63(69)64-35-13-18-40-70(64)74)48-56(45-53)75-71-41-19-14-36-65(71)66-43-42-54(49-72(66)75)73-67-37-15-10-32-61(67)62-33-11-16-38-68(62)73/h1-49H/i1D,4D,5D,20D,21D,22D,23D,24D,25D,31D,46D,47D. The molecule has 3 nitrogen and oxygen atoms in total. The molecule has 0 unspecified atom stereocenters. The maximum absolute atomic E-state index is 11.0. The second-order valence-corrected chi connectivity index (χ2v) is 22.8. The minimum absolute atomic E-state index is 0.0232. The van der Waals surface area contributed by atoms with Crippen LogP contribution in [0.25, 0.3) is 105 Å². The molecule has 15 aromatic rings. The van der Waals surface area contributed by atoms with Crippen molar-refractivity contribution in [2.45, 2.75) is 0 Å². The van der Waals surface area contributed by atoms with E-state index in [-0.39, 0.29) is 33.6 Å². The van der Waals surface area contributed by atoms with Crippen molar-refractivity contribution in [3.63, 3.8) is 0 Å². The fourth-order valence-electron chi connectivity index (χ4n) is 11.8. The number of aromatic nitrogens is 3. The van der Waals surface area contributed by atoms with E-state index in [0.717, 1.165) is 71.1 Å². The minimum atomic E-state index is -4.53. The van der Waals surface area contributed by atoms with E-state index in [2.05, 4.69) is 123 Å². The van der Waals surface area contributed by atoms with Gasteiger partial charge in [0, 0.05) is 49.4 Å². The lowest BCUT2D eigenvalue weighted by molar-refractivity contribution is 1.13. The van der Waals surface area contributed by atoms with Gasteiger partial charge in [-0.1, -0.05) is 236 Å². The highest BCUT2D eigenvalue weighted by Crippen LogP contribution is 2.40. The van der Waals surface area contributed by atoms with Gasteiger partial charge in [-0.25, -0.2) is 0 Å². The first-order valence-corrected chi connectivity index (χ1v) is 27.3. The van der Waals surface area contributed by atoms with Crippen molar-refractivity contribution in [2.24, 2.45) is 0 Å². The summed E-state index contributed by atoms with van der Waals surface area (Å²) < 4.78 is 121. The molecule has 0 atom stereocenters. The first-order valence-electron chi connectivity index (χ1n) is 31.3. The van der Waals surface area contributed by atoms with E-state index in [1.54, 1.807) is 24.3 Å². The second-order valence-electron chi connectivity index (χ2n) is 19.1. The van der Waals surface area contributed by atoms with E-state index in [1.165, 1.54) is 6.07 Å². The summed E-state index contributed by atoms with van der Waals surface area (Å²) in [5, 5.41) is 7.44. The highest BCUT2D eigenvalue weighted by molar-refractivity contribution is 7.20. The number of nitrogens with zero attached hydrogens (tertiary/aromatic N) is 3. The highest BCUT2D eigenvalue weighted by atomic mass is 28.3. The molecule has 0 radical (unpaired) electrons. The third-order valence-electron chi connectivity index (χ3n) is 15.0. The fraction of sp³-hybridized carbons (Fsp3) is 0. The van der Waals surface area contributed by atoms with E-state index < -0.39 is 74.1 Å². The predicted molar refractivity (Wildman–Crippen MR) is 324 cm³/mol. The Labute approximate surface area is 458 Å². The Morgan fingerprint density at radius 2 is 0.658 bits per heavy atom. The number of fused-ring (bicyclic) bond motifs is 9. The number of rotatable bonds is 9. The van der Waals surface area contributed by atoms with Crippen LogP contribution in [-0.4, -0.2) is 21.8 Å². The molecule has 0 amide bonds. The summed E-state index contributed by atoms with van der Waals surface area (Å²) in [6.07, 6.45) is 0. The van der Waals surface area contributed by atoms with Crippen LogP contribution < -0.4 is 20.7 Å². The zero-order chi connectivity index (χ0) is 60.6. The average Bonchev–Trinajstić information content (AvgIpc) is 0.984. The Morgan fingerprint density at radius 1 is 0.250 bits per heavy atom. The topological polar surface area (TPSA) is 14.8 Å². The van der Waals surface area contributed by atoms with E-state index in [1.807, 2.05) is 84.9 Å². The molecule has 0 aliphatic rings. The van der Waals surface area contributed by atoms with Gasteiger partial charge in [0.1, 0.15) is 0 Å². The number of hydrogen-bond donors (Lipinski definition) is 0. The predicted octanol–water partition coefficient (Wildman–Crippen LogP) is 15.7. The van der Waals surface area contributed by atoms with Crippen molar-refractivity contribution in [3.8, 4) is 39.3 Å². The summed E-state index contributed by atoms with van der Waals surface area (Å²) in [6.45, 7) is 0. The van der Waals surface area contributed by atoms with Crippen molar-refractivity contribution in [1.29, 1.82) is 0 Å². The van der Waals surface area contributed by atoms with Crippen molar-refractivity contribution >= 4 is 94.2 Å². The van der Waals surface area contributed by atoms with Gasteiger partial charge in [-0.3, -0.25) is 0 Å².